The number of amides is 1. The van der Waals surface area contributed by atoms with E-state index in [2.05, 4.69) is 48.5 Å². The number of ether oxygens (including phenoxy) is 1. The second-order valence-corrected chi connectivity index (χ2v) is 11.2. The van der Waals surface area contributed by atoms with E-state index >= 15 is 0 Å². The third kappa shape index (κ3) is 3.92. The van der Waals surface area contributed by atoms with E-state index in [0.717, 1.165) is 50.0 Å². The highest BCUT2D eigenvalue weighted by Crippen LogP contribution is 2.62. The first-order chi connectivity index (χ1) is 21.1. The molecule has 0 bridgehead atoms. The molecule has 6 aromatic rings. The van der Waals surface area contributed by atoms with Gasteiger partial charge in [-0.3, -0.25) is 4.79 Å². The highest BCUT2D eigenvalue weighted by Gasteiger charge is 2.49. The lowest BCUT2D eigenvalue weighted by Gasteiger charge is -2.46. The fraction of sp³-hybridized carbons (Fsp3) is 0.105. The van der Waals surface area contributed by atoms with Gasteiger partial charge in [0.2, 0.25) is 11.8 Å². The van der Waals surface area contributed by atoms with Crippen LogP contribution in [0.2, 0.25) is 0 Å². The van der Waals surface area contributed by atoms with E-state index in [4.69, 9.17) is 9.72 Å². The molecule has 2 aliphatic heterocycles. The quantitative estimate of drug-likeness (QED) is 0.230. The maximum Gasteiger partial charge on any atom is 0.225 e. The number of aromatic nitrogens is 1. The van der Waals surface area contributed by atoms with E-state index in [9.17, 15) is 9.90 Å². The highest BCUT2D eigenvalue weighted by atomic mass is 16.5. The number of pyridine rings is 1. The summed E-state index contributed by atoms with van der Waals surface area (Å²) >= 11 is 0. The van der Waals surface area contributed by atoms with Crippen LogP contribution >= 0.6 is 0 Å². The summed E-state index contributed by atoms with van der Waals surface area (Å²) in [6.45, 7) is 1.63. The number of fused-ring (bicyclic) bond motifs is 7. The minimum absolute atomic E-state index is 0.0734. The van der Waals surface area contributed by atoms with Crippen molar-refractivity contribution >= 4 is 22.5 Å². The number of aromatic hydroxyl groups is 1. The zero-order chi connectivity index (χ0) is 29.1. The van der Waals surface area contributed by atoms with Crippen LogP contribution in [0.25, 0.3) is 22.0 Å². The molecule has 0 spiro atoms. The molecule has 8 rings (SSSR count). The maximum atomic E-state index is 13.9. The monoisotopic (exact) mass is 560 g/mol. The molecule has 208 valence electrons. The third-order valence-electron chi connectivity index (χ3n) is 8.82. The van der Waals surface area contributed by atoms with E-state index < -0.39 is 6.04 Å². The Balaban J connectivity index is 1.56. The van der Waals surface area contributed by atoms with Crippen LogP contribution in [0, 0.1) is 0 Å². The predicted molar refractivity (Wildman–Crippen MR) is 169 cm³/mol. The number of phenolic OH excluding ortho intramolecular Hbond substituents is 1. The molecule has 3 atom stereocenters. The molecule has 5 heteroatoms. The molecule has 0 radical (unpaired) electrons. The fourth-order valence-electron chi connectivity index (χ4n) is 7.19. The standard InChI is InChI=1S/C38H28N2O3/c1-23(41)40-31-19-11-9-17-28(31)34(25-14-6-3-7-15-25)35-29-22-26(42)20-21-32(29)43-38-36(37(35)40)33(24-12-4-2-5-13-24)27-16-8-10-18-30(27)39-38/h2-22,34-35,37,42H,1H3/t34-,35+,37+/m1/s1. The van der Waals surface area contributed by atoms with Crippen LogP contribution in [0.3, 0.4) is 0 Å². The van der Waals surface area contributed by atoms with E-state index in [1.54, 1.807) is 19.1 Å². The summed E-state index contributed by atoms with van der Waals surface area (Å²) in [5.41, 5.74) is 7.56. The summed E-state index contributed by atoms with van der Waals surface area (Å²) in [6.07, 6.45) is 0. The molecule has 0 saturated carbocycles. The summed E-state index contributed by atoms with van der Waals surface area (Å²) in [5, 5.41) is 11.8. The first kappa shape index (κ1) is 25.3. The van der Waals surface area contributed by atoms with Crippen molar-refractivity contribution in [1.29, 1.82) is 0 Å². The van der Waals surface area contributed by atoms with Crippen molar-refractivity contribution in [2.75, 3.05) is 4.90 Å². The number of phenols is 1. The topological polar surface area (TPSA) is 62.7 Å². The van der Waals surface area contributed by atoms with Gasteiger partial charge >= 0.3 is 0 Å². The third-order valence-corrected chi connectivity index (χ3v) is 8.82. The molecule has 0 fully saturated rings. The molecule has 0 aliphatic carbocycles. The lowest BCUT2D eigenvalue weighted by Crippen LogP contribution is -2.43. The van der Waals surface area contributed by atoms with Gasteiger partial charge in [0.15, 0.2) is 0 Å². The molecule has 1 N–H and O–H groups in total. The van der Waals surface area contributed by atoms with Crippen LogP contribution in [0.5, 0.6) is 17.4 Å². The number of para-hydroxylation sites is 2. The van der Waals surface area contributed by atoms with E-state index in [0.29, 0.717) is 11.6 Å². The smallest absolute Gasteiger partial charge is 0.225 e. The van der Waals surface area contributed by atoms with Gasteiger partial charge < -0.3 is 14.7 Å². The predicted octanol–water partition coefficient (Wildman–Crippen LogP) is 8.74. The van der Waals surface area contributed by atoms with Gasteiger partial charge in [0.25, 0.3) is 0 Å². The summed E-state index contributed by atoms with van der Waals surface area (Å²) < 4.78 is 6.77. The molecule has 5 aromatic carbocycles. The molecule has 43 heavy (non-hydrogen) atoms. The second kappa shape index (κ2) is 9.85. The molecule has 5 nitrogen and oxygen atoms in total. The van der Waals surface area contributed by atoms with Gasteiger partial charge in [0.05, 0.1) is 11.6 Å². The van der Waals surface area contributed by atoms with Crippen LogP contribution in [-0.2, 0) is 4.79 Å². The number of nitrogens with zero attached hydrogens (tertiary/aromatic N) is 2. The summed E-state index contributed by atoms with van der Waals surface area (Å²) in [4.78, 5) is 20.9. The van der Waals surface area contributed by atoms with Gasteiger partial charge in [-0.25, -0.2) is 4.98 Å². The Morgan fingerprint density at radius 2 is 1.49 bits per heavy atom. The highest BCUT2D eigenvalue weighted by molar-refractivity contribution is 6.00. The van der Waals surface area contributed by atoms with Gasteiger partial charge in [-0.2, -0.15) is 0 Å². The molecule has 2 aliphatic rings. The number of carbonyl (C=O) groups excluding carboxylic acids is 1. The normalized spacial score (nSPS) is 18.4. The number of hydrogen-bond donors (Lipinski definition) is 1. The largest absolute Gasteiger partial charge is 0.508 e. The minimum atomic E-state index is -0.483. The number of hydrogen-bond acceptors (Lipinski definition) is 4. The first-order valence-corrected chi connectivity index (χ1v) is 14.5. The Morgan fingerprint density at radius 1 is 0.791 bits per heavy atom. The van der Waals surface area contributed by atoms with Crippen molar-refractivity contribution < 1.29 is 14.6 Å². The molecule has 0 unspecified atom stereocenters. The van der Waals surface area contributed by atoms with Gasteiger partial charge in [0.1, 0.15) is 11.5 Å². The first-order valence-electron chi connectivity index (χ1n) is 14.5. The number of anilines is 1. The molecule has 3 heterocycles. The Kier molecular flexibility index (Phi) is 5.79. The van der Waals surface area contributed by atoms with Crippen LogP contribution in [0.4, 0.5) is 5.69 Å². The van der Waals surface area contributed by atoms with Crippen molar-refractivity contribution in [2.24, 2.45) is 0 Å². The van der Waals surface area contributed by atoms with Crippen LogP contribution in [0.15, 0.2) is 127 Å². The SMILES string of the molecule is CC(=O)N1c2ccccc2[C@@H](c2ccccc2)[C@@H]2c3cc(O)ccc3Oc3nc4ccccc4c(-c4ccccc4)c3[C@H]21. The van der Waals surface area contributed by atoms with Gasteiger partial charge in [-0.05, 0) is 47.0 Å². The Bertz CT molecular complexity index is 2020. The fourth-order valence-corrected chi connectivity index (χ4v) is 7.19. The zero-order valence-electron chi connectivity index (χ0n) is 23.5. The number of rotatable bonds is 2. The van der Waals surface area contributed by atoms with Crippen molar-refractivity contribution in [3.8, 4) is 28.5 Å². The second-order valence-electron chi connectivity index (χ2n) is 11.2. The zero-order valence-corrected chi connectivity index (χ0v) is 23.5. The number of carbonyl (C=O) groups is 1. The lowest BCUT2D eigenvalue weighted by molar-refractivity contribution is -0.117. The average Bonchev–Trinajstić information content (AvgIpc) is 3.17. The van der Waals surface area contributed by atoms with E-state index in [1.807, 2.05) is 71.6 Å². The van der Waals surface area contributed by atoms with Gasteiger partial charge in [-0.1, -0.05) is 97.1 Å². The van der Waals surface area contributed by atoms with Gasteiger partial charge in [0, 0.05) is 46.5 Å². The summed E-state index contributed by atoms with van der Waals surface area (Å²) in [6, 6.07) is 41.7. The molecule has 1 aromatic heterocycles. The lowest BCUT2D eigenvalue weighted by atomic mass is 9.67. The maximum absolute atomic E-state index is 13.9. The Morgan fingerprint density at radius 3 is 2.28 bits per heavy atom. The Labute approximate surface area is 249 Å². The van der Waals surface area contributed by atoms with E-state index in [1.165, 1.54) is 0 Å². The minimum Gasteiger partial charge on any atom is -0.508 e. The van der Waals surface area contributed by atoms with Crippen molar-refractivity contribution in [3.63, 3.8) is 0 Å². The molecular weight excluding hydrogens is 532 g/mol. The van der Waals surface area contributed by atoms with Crippen LogP contribution in [0.1, 0.15) is 47.1 Å². The van der Waals surface area contributed by atoms with Crippen LogP contribution < -0.4 is 9.64 Å². The molecular formula is C38H28N2O3. The summed E-state index contributed by atoms with van der Waals surface area (Å²) in [5.74, 6) is 0.731. The number of benzene rings is 5. The van der Waals surface area contributed by atoms with Gasteiger partial charge in [-0.15, -0.1) is 0 Å². The Hall–Kier alpha value is -5.42. The summed E-state index contributed by atoms with van der Waals surface area (Å²) in [7, 11) is 0. The average molecular weight is 561 g/mol. The van der Waals surface area contributed by atoms with Crippen molar-refractivity contribution in [3.05, 3.63) is 150 Å². The van der Waals surface area contributed by atoms with E-state index in [-0.39, 0.29) is 23.5 Å². The van der Waals surface area contributed by atoms with Crippen LogP contribution in [-0.4, -0.2) is 16.0 Å². The molecule has 1 amide bonds. The molecule has 0 saturated heterocycles. The van der Waals surface area contributed by atoms with Crippen molar-refractivity contribution in [1.82, 2.24) is 4.98 Å². The van der Waals surface area contributed by atoms with Crippen molar-refractivity contribution in [2.45, 2.75) is 24.8 Å².